The molecule has 6 heteroatoms. The van der Waals surface area contributed by atoms with Gasteiger partial charge in [0.15, 0.2) is 11.5 Å². The van der Waals surface area contributed by atoms with Gasteiger partial charge < -0.3 is 20.1 Å². The molecule has 0 fully saturated rings. The first kappa shape index (κ1) is 23.3. The summed E-state index contributed by atoms with van der Waals surface area (Å²) in [5.74, 6) is 0.699. The molecule has 2 rings (SSSR count). The Morgan fingerprint density at radius 3 is 2.10 bits per heavy atom. The van der Waals surface area contributed by atoms with Crippen LogP contribution in [0.2, 0.25) is 0 Å². The third kappa shape index (κ3) is 5.75. The molecule has 0 aliphatic rings. The van der Waals surface area contributed by atoms with Crippen LogP contribution in [0.25, 0.3) is 0 Å². The van der Waals surface area contributed by atoms with Gasteiger partial charge in [-0.1, -0.05) is 32.9 Å². The monoisotopic (exact) mass is 412 g/mol. The quantitative estimate of drug-likeness (QED) is 0.723. The van der Waals surface area contributed by atoms with E-state index in [1.807, 2.05) is 38.1 Å². The van der Waals surface area contributed by atoms with Gasteiger partial charge in [0.25, 0.3) is 5.91 Å². The van der Waals surface area contributed by atoms with E-state index >= 15 is 0 Å². The van der Waals surface area contributed by atoms with Crippen molar-refractivity contribution in [2.75, 3.05) is 20.8 Å². The fraction of sp³-hybridized carbons (Fsp3) is 0.417. The van der Waals surface area contributed by atoms with E-state index in [2.05, 4.69) is 31.4 Å². The van der Waals surface area contributed by atoms with Gasteiger partial charge in [-0.25, -0.2) is 0 Å². The van der Waals surface area contributed by atoms with E-state index in [0.29, 0.717) is 17.1 Å². The Labute approximate surface area is 179 Å². The van der Waals surface area contributed by atoms with Crippen LogP contribution in [-0.4, -0.2) is 32.6 Å². The first-order valence-corrected chi connectivity index (χ1v) is 9.97. The molecule has 0 saturated heterocycles. The van der Waals surface area contributed by atoms with Gasteiger partial charge in [0.1, 0.15) is 0 Å². The topological polar surface area (TPSA) is 76.7 Å². The second-order valence-corrected chi connectivity index (χ2v) is 8.36. The molecule has 30 heavy (non-hydrogen) atoms. The van der Waals surface area contributed by atoms with E-state index < -0.39 is 0 Å². The van der Waals surface area contributed by atoms with Crippen LogP contribution < -0.4 is 20.1 Å². The number of carbonyl (C=O) groups is 2. The van der Waals surface area contributed by atoms with Gasteiger partial charge in [0.2, 0.25) is 5.91 Å². The molecule has 0 aliphatic heterocycles. The minimum atomic E-state index is -0.277. The van der Waals surface area contributed by atoms with Crippen molar-refractivity contribution >= 4 is 11.8 Å². The Balaban J connectivity index is 1.96. The summed E-state index contributed by atoms with van der Waals surface area (Å²) >= 11 is 0. The van der Waals surface area contributed by atoms with Crippen molar-refractivity contribution in [3.05, 3.63) is 58.7 Å². The van der Waals surface area contributed by atoms with E-state index in [0.717, 1.165) is 16.7 Å². The largest absolute Gasteiger partial charge is 0.493 e. The lowest BCUT2D eigenvalue weighted by Crippen LogP contribution is -2.38. The molecule has 0 bridgehead atoms. The average Bonchev–Trinajstić information content (AvgIpc) is 2.71. The number of ether oxygens (including phenoxy) is 2. The number of nitrogens with one attached hydrogen (secondary N) is 2. The van der Waals surface area contributed by atoms with Gasteiger partial charge in [0.05, 0.1) is 26.8 Å². The molecule has 162 valence electrons. The molecule has 1 atom stereocenters. The van der Waals surface area contributed by atoms with Crippen molar-refractivity contribution in [3.63, 3.8) is 0 Å². The van der Waals surface area contributed by atoms with Crippen LogP contribution in [0.4, 0.5) is 0 Å². The fourth-order valence-electron chi connectivity index (χ4n) is 3.22. The van der Waals surface area contributed by atoms with Crippen molar-refractivity contribution in [2.24, 2.45) is 0 Å². The van der Waals surface area contributed by atoms with Crippen LogP contribution in [-0.2, 0) is 10.2 Å². The summed E-state index contributed by atoms with van der Waals surface area (Å²) in [6, 6.07) is 10.9. The van der Waals surface area contributed by atoms with Crippen LogP contribution in [0, 0.1) is 6.92 Å². The summed E-state index contributed by atoms with van der Waals surface area (Å²) in [7, 11) is 3.16. The smallest absolute Gasteiger partial charge is 0.251 e. The second kappa shape index (κ2) is 9.65. The Bertz CT molecular complexity index is 899. The molecular weight excluding hydrogens is 380 g/mol. The predicted octanol–water partition coefficient (Wildman–Crippen LogP) is 3.92. The molecule has 2 N–H and O–H groups in total. The standard InChI is InChI=1S/C24H32N2O4/c1-15-12-20(29-6)21(30-7)13-19(15)16(2)26-22(27)14-25-23(28)17-8-10-18(11-9-17)24(3,4)5/h8-13,16H,14H2,1-7H3,(H,25,28)(H,26,27). The molecule has 2 aromatic rings. The Kier molecular flexibility index (Phi) is 7.48. The molecule has 2 amide bonds. The summed E-state index contributed by atoms with van der Waals surface area (Å²) < 4.78 is 10.7. The number of carbonyl (C=O) groups excluding carboxylic acids is 2. The number of benzene rings is 2. The third-order valence-corrected chi connectivity index (χ3v) is 5.04. The highest BCUT2D eigenvalue weighted by molar-refractivity contribution is 5.96. The van der Waals surface area contributed by atoms with E-state index in [1.54, 1.807) is 26.4 Å². The summed E-state index contributed by atoms with van der Waals surface area (Å²) in [5, 5.41) is 5.59. The third-order valence-electron chi connectivity index (χ3n) is 5.04. The number of aryl methyl sites for hydroxylation is 1. The second-order valence-electron chi connectivity index (χ2n) is 8.36. The molecule has 0 heterocycles. The molecule has 6 nitrogen and oxygen atoms in total. The van der Waals surface area contributed by atoms with Crippen molar-refractivity contribution in [2.45, 2.75) is 46.1 Å². The fourth-order valence-corrected chi connectivity index (χ4v) is 3.22. The number of methoxy groups -OCH3 is 2. The van der Waals surface area contributed by atoms with Crippen LogP contribution in [0.3, 0.4) is 0 Å². The highest BCUT2D eigenvalue weighted by atomic mass is 16.5. The van der Waals surface area contributed by atoms with Crippen LogP contribution in [0.1, 0.15) is 60.8 Å². The Hall–Kier alpha value is -3.02. The van der Waals surface area contributed by atoms with E-state index in [1.165, 1.54) is 0 Å². The molecule has 0 aromatic heterocycles. The summed E-state index contributed by atoms with van der Waals surface area (Å²) in [5.41, 5.74) is 3.59. The van der Waals surface area contributed by atoms with Gasteiger partial charge >= 0.3 is 0 Å². The summed E-state index contributed by atoms with van der Waals surface area (Å²) in [6.07, 6.45) is 0. The number of hydrogen-bond acceptors (Lipinski definition) is 4. The molecule has 0 spiro atoms. The molecule has 0 radical (unpaired) electrons. The van der Waals surface area contributed by atoms with Gasteiger partial charge in [-0.3, -0.25) is 9.59 Å². The van der Waals surface area contributed by atoms with Crippen molar-refractivity contribution < 1.29 is 19.1 Å². The van der Waals surface area contributed by atoms with E-state index in [-0.39, 0.29) is 29.8 Å². The van der Waals surface area contributed by atoms with Crippen LogP contribution in [0.15, 0.2) is 36.4 Å². The van der Waals surface area contributed by atoms with Crippen molar-refractivity contribution in [3.8, 4) is 11.5 Å². The SMILES string of the molecule is COc1cc(C)c(C(C)NC(=O)CNC(=O)c2ccc(C(C)(C)C)cc2)cc1OC. The minimum Gasteiger partial charge on any atom is -0.493 e. The minimum absolute atomic E-state index is 0.0211. The molecule has 0 saturated carbocycles. The van der Waals surface area contributed by atoms with Crippen LogP contribution in [0.5, 0.6) is 11.5 Å². The predicted molar refractivity (Wildman–Crippen MR) is 118 cm³/mol. The summed E-state index contributed by atoms with van der Waals surface area (Å²) in [6.45, 7) is 10.1. The maximum absolute atomic E-state index is 12.4. The highest BCUT2D eigenvalue weighted by Gasteiger charge is 2.17. The van der Waals surface area contributed by atoms with Crippen LogP contribution >= 0.6 is 0 Å². The first-order valence-electron chi connectivity index (χ1n) is 9.97. The average molecular weight is 413 g/mol. The zero-order chi connectivity index (χ0) is 22.5. The zero-order valence-corrected chi connectivity index (χ0v) is 18.9. The lowest BCUT2D eigenvalue weighted by atomic mass is 9.87. The van der Waals surface area contributed by atoms with Gasteiger partial charge in [-0.2, -0.15) is 0 Å². The van der Waals surface area contributed by atoms with Crippen molar-refractivity contribution in [1.82, 2.24) is 10.6 Å². The Morgan fingerprint density at radius 2 is 1.57 bits per heavy atom. The van der Waals surface area contributed by atoms with Gasteiger partial charge in [-0.05, 0) is 60.2 Å². The zero-order valence-electron chi connectivity index (χ0n) is 18.9. The molecule has 1 unspecified atom stereocenters. The van der Waals surface area contributed by atoms with E-state index in [4.69, 9.17) is 9.47 Å². The lowest BCUT2D eigenvalue weighted by Gasteiger charge is -2.20. The summed E-state index contributed by atoms with van der Waals surface area (Å²) in [4.78, 5) is 24.7. The maximum Gasteiger partial charge on any atom is 0.251 e. The van der Waals surface area contributed by atoms with E-state index in [9.17, 15) is 9.59 Å². The van der Waals surface area contributed by atoms with Crippen molar-refractivity contribution in [1.29, 1.82) is 0 Å². The number of rotatable bonds is 7. The van der Waals surface area contributed by atoms with Gasteiger partial charge in [-0.15, -0.1) is 0 Å². The Morgan fingerprint density at radius 1 is 1.00 bits per heavy atom. The first-order chi connectivity index (χ1) is 14.1. The number of hydrogen-bond donors (Lipinski definition) is 2. The lowest BCUT2D eigenvalue weighted by molar-refractivity contribution is -0.120. The molecular formula is C24H32N2O4. The maximum atomic E-state index is 12.4. The number of amides is 2. The molecule has 0 aliphatic carbocycles. The normalized spacial score (nSPS) is 12.1. The van der Waals surface area contributed by atoms with Gasteiger partial charge in [0, 0.05) is 5.56 Å². The molecule has 2 aromatic carbocycles. The highest BCUT2D eigenvalue weighted by Crippen LogP contribution is 2.32.